The summed E-state index contributed by atoms with van der Waals surface area (Å²) in [4.78, 5) is 38.8. The lowest BCUT2D eigenvalue weighted by Crippen LogP contribution is -2.24. The molecule has 1 unspecified atom stereocenters. The number of aromatic amines is 1. The van der Waals surface area contributed by atoms with Crippen molar-refractivity contribution in [1.82, 2.24) is 4.98 Å². The van der Waals surface area contributed by atoms with Gasteiger partial charge < -0.3 is 25.3 Å². The van der Waals surface area contributed by atoms with Crippen LogP contribution in [0.25, 0.3) is 10.8 Å². The van der Waals surface area contributed by atoms with Gasteiger partial charge in [0.2, 0.25) is 5.91 Å². The van der Waals surface area contributed by atoms with Crippen LogP contribution in [-0.4, -0.2) is 36.2 Å². The molecule has 0 saturated heterocycles. The van der Waals surface area contributed by atoms with Gasteiger partial charge in [0.1, 0.15) is 17.1 Å². The predicted molar refractivity (Wildman–Crippen MR) is 106 cm³/mol. The molecule has 29 heavy (non-hydrogen) atoms. The Hall–Kier alpha value is -3.81. The van der Waals surface area contributed by atoms with Gasteiger partial charge in [0.15, 0.2) is 0 Å². The SMILES string of the molecule is COC(=O)c1c[nH]c(=O)c(C(CC(N)=O)c2ccc(OC)c3ccccc23)c1O. The van der Waals surface area contributed by atoms with Gasteiger partial charge in [-0.25, -0.2) is 4.79 Å². The van der Waals surface area contributed by atoms with Crippen LogP contribution in [0.2, 0.25) is 0 Å². The number of fused-ring (bicyclic) bond motifs is 1. The van der Waals surface area contributed by atoms with Crippen molar-refractivity contribution in [1.29, 1.82) is 0 Å². The highest BCUT2D eigenvalue weighted by atomic mass is 16.5. The lowest BCUT2D eigenvalue weighted by atomic mass is 9.84. The minimum Gasteiger partial charge on any atom is -0.506 e. The maximum absolute atomic E-state index is 12.6. The number of amides is 1. The molecule has 1 amide bonds. The highest BCUT2D eigenvalue weighted by Gasteiger charge is 2.28. The van der Waals surface area contributed by atoms with E-state index in [9.17, 15) is 19.5 Å². The van der Waals surface area contributed by atoms with Crippen molar-refractivity contribution in [2.45, 2.75) is 12.3 Å². The molecule has 0 radical (unpaired) electrons. The second-order valence-corrected chi connectivity index (χ2v) is 6.41. The molecule has 1 aromatic heterocycles. The van der Waals surface area contributed by atoms with Crippen LogP contribution < -0.4 is 16.0 Å². The molecule has 8 nitrogen and oxygen atoms in total. The van der Waals surface area contributed by atoms with E-state index in [1.807, 2.05) is 24.3 Å². The van der Waals surface area contributed by atoms with Gasteiger partial charge in [0, 0.05) is 23.9 Å². The summed E-state index contributed by atoms with van der Waals surface area (Å²) in [7, 11) is 2.70. The number of carbonyl (C=O) groups excluding carboxylic acids is 2. The fourth-order valence-electron chi connectivity index (χ4n) is 3.47. The number of pyridine rings is 1. The van der Waals surface area contributed by atoms with Gasteiger partial charge in [-0.05, 0) is 17.0 Å². The van der Waals surface area contributed by atoms with Crippen LogP contribution in [0.15, 0.2) is 47.4 Å². The zero-order chi connectivity index (χ0) is 21.1. The van der Waals surface area contributed by atoms with E-state index in [-0.39, 0.29) is 17.5 Å². The molecule has 3 rings (SSSR count). The largest absolute Gasteiger partial charge is 0.506 e. The third-order valence-electron chi connectivity index (χ3n) is 4.77. The summed E-state index contributed by atoms with van der Waals surface area (Å²) in [6, 6.07) is 10.7. The maximum Gasteiger partial charge on any atom is 0.343 e. The second-order valence-electron chi connectivity index (χ2n) is 6.41. The standard InChI is InChI=1S/C21H20N2O6/c1-28-16-8-7-12(11-5-3-4-6-13(11)16)14(9-17(22)24)18-19(25)15(21(27)29-2)10-23-20(18)26/h3-8,10,14H,9H2,1-2H3,(H2,22,24)(H2,23,25,26). The fraction of sp³-hybridized carbons (Fsp3) is 0.190. The molecule has 0 spiro atoms. The topological polar surface area (TPSA) is 132 Å². The first kappa shape index (κ1) is 19.9. The highest BCUT2D eigenvalue weighted by molar-refractivity contribution is 5.94. The number of esters is 1. The number of primary amides is 1. The third-order valence-corrected chi connectivity index (χ3v) is 4.77. The molecular formula is C21H20N2O6. The Morgan fingerprint density at radius 1 is 1.14 bits per heavy atom. The van der Waals surface area contributed by atoms with Crippen molar-refractivity contribution in [3.8, 4) is 11.5 Å². The van der Waals surface area contributed by atoms with Crippen LogP contribution in [0.4, 0.5) is 0 Å². The van der Waals surface area contributed by atoms with Gasteiger partial charge >= 0.3 is 5.97 Å². The number of hydrogen-bond donors (Lipinski definition) is 3. The normalized spacial score (nSPS) is 11.8. The van der Waals surface area contributed by atoms with Crippen LogP contribution in [0.5, 0.6) is 11.5 Å². The zero-order valence-corrected chi connectivity index (χ0v) is 15.9. The molecule has 0 fully saturated rings. The summed E-state index contributed by atoms with van der Waals surface area (Å²) in [5.41, 5.74) is 5.04. The van der Waals surface area contributed by atoms with Crippen LogP contribution >= 0.6 is 0 Å². The quantitative estimate of drug-likeness (QED) is 0.546. The number of ether oxygens (including phenoxy) is 2. The van der Waals surface area contributed by atoms with Crippen molar-refractivity contribution in [2.75, 3.05) is 14.2 Å². The summed E-state index contributed by atoms with van der Waals surface area (Å²) >= 11 is 0. The van der Waals surface area contributed by atoms with Gasteiger partial charge in [0.25, 0.3) is 5.56 Å². The van der Waals surface area contributed by atoms with Crippen LogP contribution in [0.1, 0.15) is 33.8 Å². The number of H-pyrrole nitrogens is 1. The summed E-state index contributed by atoms with van der Waals surface area (Å²) < 4.78 is 10.0. The molecule has 1 heterocycles. The minimum atomic E-state index is -0.892. The molecule has 2 aromatic carbocycles. The summed E-state index contributed by atoms with van der Waals surface area (Å²) in [6.45, 7) is 0. The molecule has 0 bridgehead atoms. The van der Waals surface area contributed by atoms with E-state index in [2.05, 4.69) is 9.72 Å². The minimum absolute atomic E-state index is 0.137. The molecule has 0 saturated carbocycles. The van der Waals surface area contributed by atoms with Gasteiger partial charge in [-0.1, -0.05) is 30.3 Å². The predicted octanol–water partition coefficient (Wildman–Crippen LogP) is 2.04. The number of benzene rings is 2. The van der Waals surface area contributed by atoms with Crippen molar-refractivity contribution >= 4 is 22.6 Å². The highest BCUT2D eigenvalue weighted by Crippen LogP contribution is 2.39. The van der Waals surface area contributed by atoms with Crippen LogP contribution in [0, 0.1) is 0 Å². The Morgan fingerprint density at radius 2 is 1.83 bits per heavy atom. The Kier molecular flexibility index (Phi) is 5.54. The van der Waals surface area contributed by atoms with E-state index < -0.39 is 29.1 Å². The van der Waals surface area contributed by atoms with E-state index in [0.717, 1.165) is 24.1 Å². The van der Waals surface area contributed by atoms with Gasteiger partial charge in [-0.2, -0.15) is 0 Å². The van der Waals surface area contributed by atoms with E-state index in [0.29, 0.717) is 11.3 Å². The molecule has 0 aliphatic rings. The van der Waals surface area contributed by atoms with Crippen LogP contribution in [0.3, 0.4) is 0 Å². The Morgan fingerprint density at radius 3 is 2.45 bits per heavy atom. The Bertz CT molecular complexity index is 1150. The molecule has 1 atom stereocenters. The first-order valence-corrected chi connectivity index (χ1v) is 8.75. The molecule has 4 N–H and O–H groups in total. The summed E-state index contributed by atoms with van der Waals surface area (Å²) in [6.07, 6.45) is 0.818. The lowest BCUT2D eigenvalue weighted by Gasteiger charge is -2.20. The van der Waals surface area contributed by atoms with E-state index in [4.69, 9.17) is 10.5 Å². The van der Waals surface area contributed by atoms with E-state index in [1.54, 1.807) is 19.2 Å². The molecule has 150 valence electrons. The number of hydrogen-bond acceptors (Lipinski definition) is 6. The van der Waals surface area contributed by atoms with E-state index in [1.165, 1.54) is 0 Å². The summed E-state index contributed by atoms with van der Waals surface area (Å²) in [5.74, 6) is -2.32. The van der Waals surface area contributed by atoms with Gasteiger partial charge in [-0.3, -0.25) is 9.59 Å². The maximum atomic E-state index is 12.6. The first-order valence-electron chi connectivity index (χ1n) is 8.75. The molecular weight excluding hydrogens is 376 g/mol. The van der Waals surface area contributed by atoms with Crippen LogP contribution in [-0.2, 0) is 9.53 Å². The zero-order valence-electron chi connectivity index (χ0n) is 15.9. The first-order chi connectivity index (χ1) is 13.9. The average Bonchev–Trinajstić information content (AvgIpc) is 2.71. The summed E-state index contributed by atoms with van der Waals surface area (Å²) in [5, 5.41) is 12.2. The number of aromatic hydroxyl groups is 1. The van der Waals surface area contributed by atoms with Crippen molar-refractivity contribution < 1.29 is 24.2 Å². The van der Waals surface area contributed by atoms with E-state index >= 15 is 0 Å². The van der Waals surface area contributed by atoms with Crippen molar-refractivity contribution in [2.24, 2.45) is 5.73 Å². The number of aromatic nitrogens is 1. The van der Waals surface area contributed by atoms with Crippen molar-refractivity contribution in [3.05, 3.63) is 69.6 Å². The fourth-order valence-corrected chi connectivity index (χ4v) is 3.47. The number of methoxy groups -OCH3 is 2. The monoisotopic (exact) mass is 396 g/mol. The number of nitrogens with two attached hydrogens (primary N) is 1. The smallest absolute Gasteiger partial charge is 0.343 e. The molecule has 0 aliphatic heterocycles. The number of nitrogens with one attached hydrogen (secondary N) is 1. The van der Waals surface area contributed by atoms with Gasteiger partial charge in [0.05, 0.1) is 19.8 Å². The lowest BCUT2D eigenvalue weighted by molar-refractivity contribution is -0.118. The average molecular weight is 396 g/mol. The van der Waals surface area contributed by atoms with Crippen molar-refractivity contribution in [3.63, 3.8) is 0 Å². The Labute approximate surface area is 165 Å². The molecule has 0 aliphatic carbocycles. The van der Waals surface area contributed by atoms with Gasteiger partial charge in [-0.15, -0.1) is 0 Å². The molecule has 8 heteroatoms. The third kappa shape index (κ3) is 3.64. The second kappa shape index (κ2) is 8.05. The Balaban J connectivity index is 2.33. The molecule has 3 aromatic rings. The number of carbonyl (C=O) groups is 2. The number of rotatable bonds is 6.